The molecule has 1 heterocycles. The van der Waals surface area contributed by atoms with E-state index in [1.807, 2.05) is 13.8 Å². The van der Waals surface area contributed by atoms with E-state index in [0.29, 0.717) is 30.5 Å². The minimum absolute atomic E-state index is 0.00230. The third kappa shape index (κ3) is 5.98. The molecule has 2 N–H and O–H groups in total. The zero-order valence-corrected chi connectivity index (χ0v) is 14.7. The van der Waals surface area contributed by atoms with Crippen LogP contribution in [-0.2, 0) is 29.7 Å². The summed E-state index contributed by atoms with van der Waals surface area (Å²) in [7, 11) is 3.22. The smallest absolute Gasteiger partial charge is 0.407 e. The maximum Gasteiger partial charge on any atom is 0.407 e. The molecule has 1 aromatic rings. The first-order chi connectivity index (χ1) is 11.5. The number of nitrogens with zero attached hydrogens (tertiary/aromatic N) is 2. The van der Waals surface area contributed by atoms with E-state index >= 15 is 0 Å². The number of alkyl carbamates (subject to hydrolysis) is 2. The molecule has 0 saturated heterocycles. The molecule has 24 heavy (non-hydrogen) atoms. The SMILES string of the molecule is CCCNC(=O)OCc1nc(OC)n(C)c1COC(=O)NCCC. The van der Waals surface area contributed by atoms with Gasteiger partial charge in [0.2, 0.25) is 0 Å². The zero-order chi connectivity index (χ0) is 17.9. The molecule has 0 aliphatic rings. The van der Waals surface area contributed by atoms with Crippen molar-refractivity contribution >= 4 is 12.2 Å². The number of amides is 2. The lowest BCUT2D eigenvalue weighted by molar-refractivity contribution is 0.129. The minimum atomic E-state index is -0.519. The van der Waals surface area contributed by atoms with Crippen molar-refractivity contribution < 1.29 is 23.8 Å². The second-order valence-electron chi connectivity index (χ2n) is 5.06. The molecule has 0 spiro atoms. The monoisotopic (exact) mass is 342 g/mol. The van der Waals surface area contributed by atoms with Gasteiger partial charge in [0.05, 0.1) is 12.8 Å². The molecule has 0 aliphatic heterocycles. The number of imidazole rings is 1. The number of methoxy groups -OCH3 is 1. The number of carbonyl (C=O) groups is 2. The van der Waals surface area contributed by atoms with Crippen LogP contribution in [0.5, 0.6) is 6.01 Å². The van der Waals surface area contributed by atoms with Crippen LogP contribution in [0, 0.1) is 0 Å². The highest BCUT2D eigenvalue weighted by molar-refractivity contribution is 5.67. The Morgan fingerprint density at radius 2 is 1.58 bits per heavy atom. The molecule has 0 bridgehead atoms. The summed E-state index contributed by atoms with van der Waals surface area (Å²) in [5.74, 6) is 0. The van der Waals surface area contributed by atoms with E-state index < -0.39 is 12.2 Å². The molecular weight excluding hydrogens is 316 g/mol. The van der Waals surface area contributed by atoms with E-state index in [9.17, 15) is 9.59 Å². The van der Waals surface area contributed by atoms with Gasteiger partial charge in [-0.2, -0.15) is 4.98 Å². The lowest BCUT2D eigenvalue weighted by Crippen LogP contribution is -2.26. The fourth-order valence-electron chi connectivity index (χ4n) is 1.87. The summed E-state index contributed by atoms with van der Waals surface area (Å²) >= 11 is 0. The van der Waals surface area contributed by atoms with Crippen molar-refractivity contribution in [1.82, 2.24) is 20.2 Å². The summed E-state index contributed by atoms with van der Waals surface area (Å²) in [6.45, 7) is 4.94. The Hall–Kier alpha value is -2.45. The standard InChI is InChI=1S/C15H26N4O5/c1-5-7-16-14(20)23-9-11-12(19(3)13(18-11)22-4)10-24-15(21)17-8-6-2/h5-10H2,1-4H3,(H,16,20)(H,17,21). The first-order valence-electron chi connectivity index (χ1n) is 7.93. The molecule has 1 rings (SSSR count). The fourth-order valence-corrected chi connectivity index (χ4v) is 1.87. The molecule has 9 heteroatoms. The Balaban J connectivity index is 2.69. The molecule has 0 aromatic carbocycles. The van der Waals surface area contributed by atoms with Crippen molar-refractivity contribution in [2.45, 2.75) is 39.9 Å². The normalized spacial score (nSPS) is 10.2. The molecule has 9 nitrogen and oxygen atoms in total. The largest absolute Gasteiger partial charge is 0.468 e. The molecule has 2 amide bonds. The highest BCUT2D eigenvalue weighted by atomic mass is 16.6. The number of hydrogen-bond acceptors (Lipinski definition) is 6. The molecule has 0 atom stereocenters. The van der Waals surface area contributed by atoms with E-state index in [1.54, 1.807) is 11.6 Å². The van der Waals surface area contributed by atoms with Gasteiger partial charge in [-0.3, -0.25) is 4.57 Å². The Bertz CT molecular complexity index is 544. The molecule has 0 aliphatic carbocycles. The maximum atomic E-state index is 11.6. The van der Waals surface area contributed by atoms with Gasteiger partial charge in [-0.1, -0.05) is 13.8 Å². The van der Waals surface area contributed by atoms with Crippen molar-refractivity contribution in [2.24, 2.45) is 7.05 Å². The molecule has 0 fully saturated rings. The van der Waals surface area contributed by atoms with Gasteiger partial charge in [-0.05, 0) is 12.8 Å². The highest BCUT2D eigenvalue weighted by Crippen LogP contribution is 2.18. The van der Waals surface area contributed by atoms with Crippen molar-refractivity contribution in [1.29, 1.82) is 0 Å². The second-order valence-corrected chi connectivity index (χ2v) is 5.06. The molecule has 0 unspecified atom stereocenters. The minimum Gasteiger partial charge on any atom is -0.468 e. The van der Waals surface area contributed by atoms with Crippen molar-refractivity contribution in [3.63, 3.8) is 0 Å². The Morgan fingerprint density at radius 3 is 2.08 bits per heavy atom. The summed E-state index contributed by atoms with van der Waals surface area (Å²) < 4.78 is 17.1. The molecule has 0 saturated carbocycles. The lowest BCUT2D eigenvalue weighted by atomic mass is 10.3. The second kappa shape index (κ2) is 10.3. The van der Waals surface area contributed by atoms with Gasteiger partial charge in [0, 0.05) is 20.1 Å². The number of nitrogens with one attached hydrogen (secondary N) is 2. The number of ether oxygens (including phenoxy) is 3. The van der Waals surface area contributed by atoms with Crippen LogP contribution in [0.2, 0.25) is 0 Å². The average molecular weight is 342 g/mol. The van der Waals surface area contributed by atoms with Crippen LogP contribution in [0.1, 0.15) is 38.1 Å². The lowest BCUT2D eigenvalue weighted by Gasteiger charge is -2.09. The number of hydrogen-bond donors (Lipinski definition) is 2. The zero-order valence-electron chi connectivity index (χ0n) is 14.7. The van der Waals surface area contributed by atoms with Crippen molar-refractivity contribution in [3.05, 3.63) is 11.4 Å². The van der Waals surface area contributed by atoms with Crippen molar-refractivity contribution in [2.75, 3.05) is 20.2 Å². The molecule has 1 aromatic heterocycles. The van der Waals surface area contributed by atoms with Gasteiger partial charge in [0.25, 0.3) is 6.01 Å². The predicted octanol–water partition coefficient (Wildman–Crippen LogP) is 1.70. The quantitative estimate of drug-likeness (QED) is 0.708. The Kier molecular flexibility index (Phi) is 8.45. The first-order valence-corrected chi connectivity index (χ1v) is 7.93. The van der Waals surface area contributed by atoms with Crippen LogP contribution in [0.4, 0.5) is 9.59 Å². The molecular formula is C15H26N4O5. The van der Waals surface area contributed by atoms with Gasteiger partial charge >= 0.3 is 12.2 Å². The van der Waals surface area contributed by atoms with Crippen molar-refractivity contribution in [3.8, 4) is 6.01 Å². The van der Waals surface area contributed by atoms with Gasteiger partial charge in [-0.25, -0.2) is 9.59 Å². The highest BCUT2D eigenvalue weighted by Gasteiger charge is 2.18. The van der Waals surface area contributed by atoms with Crippen LogP contribution >= 0.6 is 0 Å². The summed E-state index contributed by atoms with van der Waals surface area (Å²) in [4.78, 5) is 27.4. The van der Waals surface area contributed by atoms with Crippen LogP contribution in [0.15, 0.2) is 0 Å². The van der Waals surface area contributed by atoms with E-state index in [0.717, 1.165) is 12.8 Å². The first kappa shape index (κ1) is 19.6. The fraction of sp³-hybridized carbons (Fsp3) is 0.667. The summed E-state index contributed by atoms with van der Waals surface area (Å²) in [6.07, 6.45) is 0.609. The van der Waals surface area contributed by atoms with Crippen LogP contribution in [0.25, 0.3) is 0 Å². The number of aromatic nitrogens is 2. The number of carbonyl (C=O) groups excluding carboxylic acids is 2. The summed E-state index contributed by atoms with van der Waals surface area (Å²) in [5.41, 5.74) is 1.08. The summed E-state index contributed by atoms with van der Waals surface area (Å²) in [6, 6.07) is 0.343. The van der Waals surface area contributed by atoms with Gasteiger partial charge in [-0.15, -0.1) is 0 Å². The third-order valence-electron chi connectivity index (χ3n) is 3.16. The third-order valence-corrected chi connectivity index (χ3v) is 3.16. The van der Waals surface area contributed by atoms with E-state index in [1.165, 1.54) is 7.11 Å². The Morgan fingerprint density at radius 1 is 1.04 bits per heavy atom. The Labute approximate surface area is 141 Å². The summed E-state index contributed by atoms with van der Waals surface area (Å²) in [5, 5.41) is 5.23. The van der Waals surface area contributed by atoms with Gasteiger partial charge in [0.1, 0.15) is 18.9 Å². The molecule has 0 radical (unpaired) electrons. The average Bonchev–Trinajstić information content (AvgIpc) is 2.89. The predicted molar refractivity (Wildman–Crippen MR) is 86.7 cm³/mol. The van der Waals surface area contributed by atoms with E-state index in [4.69, 9.17) is 14.2 Å². The maximum absolute atomic E-state index is 11.6. The van der Waals surface area contributed by atoms with Crippen LogP contribution in [0.3, 0.4) is 0 Å². The van der Waals surface area contributed by atoms with Crippen LogP contribution in [-0.4, -0.2) is 41.9 Å². The topological polar surface area (TPSA) is 104 Å². The van der Waals surface area contributed by atoms with Crippen LogP contribution < -0.4 is 15.4 Å². The van der Waals surface area contributed by atoms with E-state index in [-0.39, 0.29) is 13.2 Å². The van der Waals surface area contributed by atoms with E-state index in [2.05, 4.69) is 15.6 Å². The van der Waals surface area contributed by atoms with Gasteiger partial charge in [0.15, 0.2) is 0 Å². The number of rotatable bonds is 9. The van der Waals surface area contributed by atoms with Gasteiger partial charge < -0.3 is 24.8 Å². The molecule has 136 valence electrons.